The van der Waals surface area contributed by atoms with E-state index in [1.54, 1.807) is 4.90 Å². The molecule has 2 amide bonds. The smallest absolute Gasteiger partial charge is 0.253 e. The maximum Gasteiger partial charge on any atom is 0.253 e. The van der Waals surface area contributed by atoms with Crippen molar-refractivity contribution in [3.8, 4) is 0 Å². The number of aryl methyl sites for hydroxylation is 2. The molecule has 0 spiro atoms. The van der Waals surface area contributed by atoms with E-state index in [9.17, 15) is 9.59 Å². The molecule has 1 heterocycles. The molecule has 114 valence electrons. The van der Waals surface area contributed by atoms with E-state index in [1.165, 1.54) is 5.56 Å². The number of amides is 2. The molecule has 1 N–H and O–H groups in total. The monoisotopic (exact) mass is 290 g/mol. The van der Waals surface area contributed by atoms with Crippen LogP contribution in [0, 0.1) is 13.8 Å². The van der Waals surface area contributed by atoms with Gasteiger partial charge < -0.3 is 15.0 Å². The quantitative estimate of drug-likeness (QED) is 0.915. The van der Waals surface area contributed by atoms with Gasteiger partial charge in [0.15, 0.2) is 0 Å². The lowest BCUT2D eigenvalue weighted by Gasteiger charge is -2.33. The normalized spacial score (nSPS) is 18.7. The third kappa shape index (κ3) is 3.82. The fourth-order valence-electron chi connectivity index (χ4n) is 2.24. The molecule has 1 saturated heterocycles. The maximum atomic E-state index is 12.0. The topological polar surface area (TPSA) is 58.6 Å². The van der Waals surface area contributed by atoms with Gasteiger partial charge in [-0.3, -0.25) is 9.59 Å². The van der Waals surface area contributed by atoms with Crippen LogP contribution in [0.4, 0.5) is 5.69 Å². The second kappa shape index (κ2) is 6.72. The van der Waals surface area contributed by atoms with Crippen molar-refractivity contribution in [2.24, 2.45) is 0 Å². The zero-order valence-corrected chi connectivity index (χ0v) is 12.8. The molecule has 5 heteroatoms. The first-order valence-corrected chi connectivity index (χ1v) is 7.27. The average Bonchev–Trinajstić information content (AvgIpc) is 2.49. The Morgan fingerprint density at radius 1 is 1.38 bits per heavy atom. The van der Waals surface area contributed by atoms with Gasteiger partial charge in [0, 0.05) is 18.7 Å². The zero-order chi connectivity index (χ0) is 15.4. The molecule has 1 fully saturated rings. The van der Waals surface area contributed by atoms with E-state index in [0.717, 1.165) is 11.3 Å². The number of hydrogen-bond acceptors (Lipinski definition) is 3. The number of carbonyl (C=O) groups is 2. The van der Waals surface area contributed by atoms with Crippen LogP contribution in [0.3, 0.4) is 0 Å². The molecule has 1 unspecified atom stereocenters. The molecule has 2 rings (SSSR count). The van der Waals surface area contributed by atoms with Gasteiger partial charge in [-0.05, 0) is 37.1 Å². The highest BCUT2D eigenvalue weighted by Crippen LogP contribution is 2.21. The van der Waals surface area contributed by atoms with E-state index in [2.05, 4.69) is 5.32 Å². The van der Waals surface area contributed by atoms with Crippen LogP contribution in [0.2, 0.25) is 0 Å². The van der Waals surface area contributed by atoms with E-state index in [0.29, 0.717) is 19.5 Å². The molecule has 1 aromatic carbocycles. The summed E-state index contributed by atoms with van der Waals surface area (Å²) in [5.41, 5.74) is 3.24. The molecule has 1 aliphatic rings. The molecular formula is C16H22N2O3. The fourth-order valence-corrected chi connectivity index (χ4v) is 2.24. The summed E-state index contributed by atoms with van der Waals surface area (Å²) in [5, 5.41) is 2.81. The highest BCUT2D eigenvalue weighted by Gasteiger charge is 2.27. The standard InChI is InChI=1S/C16H22N2O3/c1-4-15(19)17-8-14-9-18(16(20)10-21-14)13-6-5-11(2)12(3)7-13/h5-7,14H,4,8-10H2,1-3H3,(H,17,19). The number of morpholine rings is 1. The molecule has 1 aliphatic heterocycles. The second-order valence-electron chi connectivity index (χ2n) is 5.36. The van der Waals surface area contributed by atoms with Gasteiger partial charge in [0.2, 0.25) is 5.91 Å². The van der Waals surface area contributed by atoms with Crippen LogP contribution in [-0.2, 0) is 14.3 Å². The first kappa shape index (κ1) is 15.5. The predicted octanol–water partition coefficient (Wildman–Crippen LogP) is 1.56. The van der Waals surface area contributed by atoms with Crippen LogP contribution in [0.15, 0.2) is 18.2 Å². The summed E-state index contributed by atoms with van der Waals surface area (Å²) in [6.45, 7) is 6.83. The van der Waals surface area contributed by atoms with Crippen molar-refractivity contribution in [2.45, 2.75) is 33.3 Å². The van der Waals surface area contributed by atoms with Crippen LogP contribution in [0.1, 0.15) is 24.5 Å². The second-order valence-corrected chi connectivity index (χ2v) is 5.36. The summed E-state index contributed by atoms with van der Waals surface area (Å²) in [7, 11) is 0. The largest absolute Gasteiger partial charge is 0.365 e. The molecule has 21 heavy (non-hydrogen) atoms. The van der Waals surface area contributed by atoms with Crippen molar-refractivity contribution in [1.82, 2.24) is 5.32 Å². The highest BCUT2D eigenvalue weighted by molar-refractivity contribution is 5.95. The van der Waals surface area contributed by atoms with Crippen LogP contribution in [0.5, 0.6) is 0 Å². The summed E-state index contributed by atoms with van der Waals surface area (Å²) in [5.74, 6) is -0.0513. The van der Waals surface area contributed by atoms with Crippen molar-refractivity contribution in [1.29, 1.82) is 0 Å². The minimum atomic E-state index is -0.167. The number of hydrogen-bond donors (Lipinski definition) is 1. The van der Waals surface area contributed by atoms with Crippen LogP contribution in [-0.4, -0.2) is 37.6 Å². The van der Waals surface area contributed by atoms with Gasteiger partial charge in [0.25, 0.3) is 5.91 Å². The molecule has 0 saturated carbocycles. The van der Waals surface area contributed by atoms with Crippen molar-refractivity contribution in [2.75, 3.05) is 24.6 Å². The number of nitrogens with one attached hydrogen (secondary N) is 1. The Morgan fingerprint density at radius 3 is 2.81 bits per heavy atom. The first-order valence-electron chi connectivity index (χ1n) is 7.27. The van der Waals surface area contributed by atoms with Crippen LogP contribution in [0.25, 0.3) is 0 Å². The van der Waals surface area contributed by atoms with Crippen molar-refractivity contribution in [3.63, 3.8) is 0 Å². The fraction of sp³-hybridized carbons (Fsp3) is 0.500. The maximum absolute atomic E-state index is 12.0. The molecule has 0 radical (unpaired) electrons. The first-order chi connectivity index (χ1) is 10.0. The number of carbonyl (C=O) groups excluding carboxylic acids is 2. The minimum Gasteiger partial charge on any atom is -0.365 e. The van der Waals surface area contributed by atoms with Crippen molar-refractivity contribution in [3.05, 3.63) is 29.3 Å². The van der Waals surface area contributed by atoms with E-state index < -0.39 is 0 Å². The number of ether oxygens (including phenoxy) is 1. The Hall–Kier alpha value is -1.88. The zero-order valence-electron chi connectivity index (χ0n) is 12.8. The Balaban J connectivity index is 2.05. The van der Waals surface area contributed by atoms with Crippen molar-refractivity contribution >= 4 is 17.5 Å². The Kier molecular flexibility index (Phi) is 4.96. The van der Waals surface area contributed by atoms with Gasteiger partial charge in [0.05, 0.1) is 12.6 Å². The molecule has 0 bridgehead atoms. The molecule has 0 aromatic heterocycles. The Labute approximate surface area is 125 Å². The Morgan fingerprint density at radius 2 is 2.14 bits per heavy atom. The van der Waals surface area contributed by atoms with Crippen LogP contribution < -0.4 is 10.2 Å². The van der Waals surface area contributed by atoms with Gasteiger partial charge in [-0.2, -0.15) is 0 Å². The summed E-state index contributed by atoms with van der Waals surface area (Å²) in [6.07, 6.45) is 0.284. The lowest BCUT2D eigenvalue weighted by molar-refractivity contribution is -0.129. The lowest BCUT2D eigenvalue weighted by atomic mass is 10.1. The third-order valence-corrected chi connectivity index (χ3v) is 3.78. The van der Waals surface area contributed by atoms with E-state index in [1.807, 2.05) is 39.0 Å². The minimum absolute atomic E-state index is 0.00627. The van der Waals surface area contributed by atoms with Crippen molar-refractivity contribution < 1.29 is 14.3 Å². The van der Waals surface area contributed by atoms with E-state index >= 15 is 0 Å². The molecule has 0 aliphatic carbocycles. The van der Waals surface area contributed by atoms with Gasteiger partial charge in [0.1, 0.15) is 6.61 Å². The predicted molar refractivity (Wildman–Crippen MR) is 81.3 cm³/mol. The Bertz CT molecular complexity index is 542. The van der Waals surface area contributed by atoms with Gasteiger partial charge in [-0.25, -0.2) is 0 Å². The van der Waals surface area contributed by atoms with Gasteiger partial charge in [-0.15, -0.1) is 0 Å². The van der Waals surface area contributed by atoms with E-state index in [4.69, 9.17) is 4.74 Å². The number of rotatable bonds is 4. The summed E-state index contributed by atoms with van der Waals surface area (Å²) < 4.78 is 5.48. The molecule has 1 aromatic rings. The average molecular weight is 290 g/mol. The highest BCUT2D eigenvalue weighted by atomic mass is 16.5. The van der Waals surface area contributed by atoms with Gasteiger partial charge >= 0.3 is 0 Å². The third-order valence-electron chi connectivity index (χ3n) is 3.78. The summed E-state index contributed by atoms with van der Waals surface area (Å²) in [6, 6.07) is 5.98. The van der Waals surface area contributed by atoms with E-state index in [-0.39, 0.29) is 24.5 Å². The number of benzene rings is 1. The lowest BCUT2D eigenvalue weighted by Crippen LogP contribution is -2.50. The summed E-state index contributed by atoms with van der Waals surface area (Å²) >= 11 is 0. The number of nitrogens with zero attached hydrogens (tertiary/aromatic N) is 1. The molecular weight excluding hydrogens is 268 g/mol. The number of anilines is 1. The van der Waals surface area contributed by atoms with Gasteiger partial charge in [-0.1, -0.05) is 13.0 Å². The molecule has 1 atom stereocenters. The SMILES string of the molecule is CCC(=O)NCC1CN(c2ccc(C)c(C)c2)C(=O)CO1. The summed E-state index contributed by atoms with van der Waals surface area (Å²) in [4.78, 5) is 25.1. The van der Waals surface area contributed by atoms with Crippen LogP contribution >= 0.6 is 0 Å². The molecule has 5 nitrogen and oxygen atoms in total.